The molecule has 2 aromatic rings. The number of hydrogen-bond acceptors (Lipinski definition) is 3. The van der Waals surface area contributed by atoms with E-state index in [1.165, 1.54) is 0 Å². The van der Waals surface area contributed by atoms with Crippen molar-refractivity contribution in [3.05, 3.63) is 70.3 Å². The number of ether oxygens (including phenoxy) is 1. The number of amides is 1. The number of esters is 1. The zero-order valence-electron chi connectivity index (χ0n) is 13.0. The molecule has 0 bridgehead atoms. The highest BCUT2D eigenvalue weighted by Crippen LogP contribution is 2.19. The molecule has 114 valence electrons. The summed E-state index contributed by atoms with van der Waals surface area (Å²) < 4.78 is 5.34. The largest absolute Gasteiger partial charge is 0.457 e. The fraction of sp³-hybridized carbons (Fsp3) is 0.222. The Balaban J connectivity index is 2.17. The first-order chi connectivity index (χ1) is 10.5. The van der Waals surface area contributed by atoms with Gasteiger partial charge in [0.2, 0.25) is 0 Å². The molecule has 2 rings (SSSR count). The summed E-state index contributed by atoms with van der Waals surface area (Å²) in [5, 5.41) is 2.59. The van der Waals surface area contributed by atoms with E-state index in [0.29, 0.717) is 11.1 Å². The molecule has 4 heteroatoms. The van der Waals surface area contributed by atoms with E-state index in [2.05, 4.69) is 5.32 Å². The smallest absolute Gasteiger partial charge is 0.338 e. The monoisotopic (exact) mass is 297 g/mol. The maximum Gasteiger partial charge on any atom is 0.338 e. The number of nitrogens with one attached hydrogen (secondary N) is 1. The van der Waals surface area contributed by atoms with Gasteiger partial charge in [-0.15, -0.1) is 0 Å². The van der Waals surface area contributed by atoms with Crippen molar-refractivity contribution in [2.45, 2.75) is 20.5 Å². The van der Waals surface area contributed by atoms with Gasteiger partial charge in [-0.1, -0.05) is 30.3 Å². The summed E-state index contributed by atoms with van der Waals surface area (Å²) >= 11 is 0. The summed E-state index contributed by atoms with van der Waals surface area (Å²) in [6.07, 6.45) is 0. The van der Waals surface area contributed by atoms with Crippen molar-refractivity contribution in [2.24, 2.45) is 0 Å². The van der Waals surface area contributed by atoms with E-state index >= 15 is 0 Å². The van der Waals surface area contributed by atoms with Crippen molar-refractivity contribution in [3.63, 3.8) is 0 Å². The van der Waals surface area contributed by atoms with Crippen molar-refractivity contribution in [3.8, 4) is 0 Å². The van der Waals surface area contributed by atoms with Crippen LogP contribution in [0.4, 0.5) is 0 Å². The molecule has 0 aromatic heterocycles. The third-order valence-corrected chi connectivity index (χ3v) is 3.69. The van der Waals surface area contributed by atoms with Crippen LogP contribution < -0.4 is 5.32 Å². The number of benzene rings is 2. The van der Waals surface area contributed by atoms with Crippen LogP contribution in [0, 0.1) is 13.8 Å². The van der Waals surface area contributed by atoms with E-state index in [0.717, 1.165) is 16.7 Å². The summed E-state index contributed by atoms with van der Waals surface area (Å²) in [6, 6.07) is 12.8. The molecular formula is C18H19NO3. The minimum atomic E-state index is -0.382. The van der Waals surface area contributed by atoms with Crippen LogP contribution in [0.2, 0.25) is 0 Å². The van der Waals surface area contributed by atoms with Gasteiger partial charge < -0.3 is 10.1 Å². The Kier molecular flexibility index (Phi) is 4.94. The summed E-state index contributed by atoms with van der Waals surface area (Å²) in [7, 11) is 1.58. The molecule has 0 spiro atoms. The van der Waals surface area contributed by atoms with Gasteiger partial charge in [0.15, 0.2) is 0 Å². The fourth-order valence-electron chi connectivity index (χ4n) is 2.22. The molecule has 0 heterocycles. The molecule has 0 aliphatic heterocycles. The number of carbonyl (C=O) groups excluding carboxylic acids is 2. The molecule has 4 nitrogen and oxygen atoms in total. The molecule has 0 saturated heterocycles. The second-order valence-electron chi connectivity index (χ2n) is 5.05. The SMILES string of the molecule is CNC(=O)c1ccc(C(=O)OCc2ccccc2)c(C)c1C. The predicted molar refractivity (Wildman–Crippen MR) is 84.9 cm³/mol. The molecule has 22 heavy (non-hydrogen) atoms. The summed E-state index contributed by atoms with van der Waals surface area (Å²) in [4.78, 5) is 24.0. The zero-order chi connectivity index (χ0) is 16.1. The first-order valence-electron chi connectivity index (χ1n) is 7.08. The first kappa shape index (κ1) is 15.8. The minimum absolute atomic E-state index is 0.162. The van der Waals surface area contributed by atoms with Crippen molar-refractivity contribution in [1.82, 2.24) is 5.32 Å². The average molecular weight is 297 g/mol. The topological polar surface area (TPSA) is 55.4 Å². The third-order valence-electron chi connectivity index (χ3n) is 3.69. The Morgan fingerprint density at radius 1 is 0.955 bits per heavy atom. The van der Waals surface area contributed by atoms with Gasteiger partial charge in [0, 0.05) is 12.6 Å². The molecule has 0 fully saturated rings. The van der Waals surface area contributed by atoms with Crippen LogP contribution in [-0.2, 0) is 11.3 Å². The van der Waals surface area contributed by atoms with E-state index in [9.17, 15) is 9.59 Å². The van der Waals surface area contributed by atoms with Gasteiger partial charge in [-0.05, 0) is 42.7 Å². The van der Waals surface area contributed by atoms with Crippen LogP contribution in [0.1, 0.15) is 37.4 Å². The van der Waals surface area contributed by atoms with Crippen LogP contribution in [-0.4, -0.2) is 18.9 Å². The standard InChI is InChI=1S/C18H19NO3/c1-12-13(2)16(10-9-15(12)17(20)19-3)18(21)22-11-14-7-5-4-6-8-14/h4-10H,11H2,1-3H3,(H,19,20). The molecule has 0 radical (unpaired) electrons. The highest BCUT2D eigenvalue weighted by Gasteiger charge is 2.16. The van der Waals surface area contributed by atoms with E-state index in [1.807, 2.05) is 44.2 Å². The van der Waals surface area contributed by atoms with Crippen LogP contribution in [0.5, 0.6) is 0 Å². The minimum Gasteiger partial charge on any atom is -0.457 e. The lowest BCUT2D eigenvalue weighted by molar-refractivity contribution is 0.0471. The molecule has 0 saturated carbocycles. The lowest BCUT2D eigenvalue weighted by Gasteiger charge is -2.12. The van der Waals surface area contributed by atoms with Crippen molar-refractivity contribution in [2.75, 3.05) is 7.05 Å². The Hall–Kier alpha value is -2.62. The van der Waals surface area contributed by atoms with Crippen molar-refractivity contribution >= 4 is 11.9 Å². The fourth-order valence-corrected chi connectivity index (χ4v) is 2.22. The average Bonchev–Trinajstić information content (AvgIpc) is 2.55. The Morgan fingerprint density at radius 3 is 2.18 bits per heavy atom. The van der Waals surface area contributed by atoms with E-state index in [1.54, 1.807) is 19.2 Å². The number of hydrogen-bond donors (Lipinski definition) is 1. The first-order valence-corrected chi connectivity index (χ1v) is 7.08. The Morgan fingerprint density at radius 2 is 1.55 bits per heavy atom. The molecule has 1 amide bonds. The molecule has 0 aliphatic carbocycles. The van der Waals surface area contributed by atoms with Gasteiger partial charge in [0.25, 0.3) is 5.91 Å². The van der Waals surface area contributed by atoms with Gasteiger partial charge in [0.1, 0.15) is 6.61 Å². The second-order valence-corrected chi connectivity index (χ2v) is 5.05. The van der Waals surface area contributed by atoms with Crippen LogP contribution >= 0.6 is 0 Å². The van der Waals surface area contributed by atoms with Gasteiger partial charge in [-0.3, -0.25) is 4.79 Å². The maximum atomic E-state index is 12.2. The van der Waals surface area contributed by atoms with Gasteiger partial charge in [0.05, 0.1) is 5.56 Å². The van der Waals surface area contributed by atoms with E-state index in [-0.39, 0.29) is 18.5 Å². The number of carbonyl (C=O) groups is 2. The normalized spacial score (nSPS) is 10.1. The van der Waals surface area contributed by atoms with E-state index in [4.69, 9.17) is 4.74 Å². The van der Waals surface area contributed by atoms with Gasteiger partial charge >= 0.3 is 5.97 Å². The van der Waals surface area contributed by atoms with Gasteiger partial charge in [-0.2, -0.15) is 0 Å². The van der Waals surface area contributed by atoms with Crippen molar-refractivity contribution in [1.29, 1.82) is 0 Å². The summed E-state index contributed by atoms with van der Waals surface area (Å²) in [5.74, 6) is -0.544. The molecule has 0 atom stereocenters. The van der Waals surface area contributed by atoms with Crippen LogP contribution in [0.15, 0.2) is 42.5 Å². The van der Waals surface area contributed by atoms with Crippen LogP contribution in [0.3, 0.4) is 0 Å². The van der Waals surface area contributed by atoms with Gasteiger partial charge in [-0.25, -0.2) is 4.79 Å². The summed E-state index contributed by atoms with van der Waals surface area (Å²) in [5.41, 5.74) is 3.54. The Bertz CT molecular complexity index is 693. The van der Waals surface area contributed by atoms with Crippen LogP contribution in [0.25, 0.3) is 0 Å². The van der Waals surface area contributed by atoms with E-state index < -0.39 is 0 Å². The second kappa shape index (κ2) is 6.89. The molecule has 0 unspecified atom stereocenters. The lowest BCUT2D eigenvalue weighted by Crippen LogP contribution is -2.20. The highest BCUT2D eigenvalue weighted by atomic mass is 16.5. The molecule has 1 N–H and O–H groups in total. The number of rotatable bonds is 4. The lowest BCUT2D eigenvalue weighted by atomic mass is 9.97. The predicted octanol–water partition coefficient (Wildman–Crippen LogP) is 3.02. The third kappa shape index (κ3) is 3.34. The quantitative estimate of drug-likeness (QED) is 0.883. The molecular weight excluding hydrogens is 278 g/mol. The highest BCUT2D eigenvalue weighted by molar-refractivity contribution is 5.98. The molecule has 0 aliphatic rings. The Labute approximate surface area is 130 Å². The molecule has 2 aromatic carbocycles. The maximum absolute atomic E-state index is 12.2. The summed E-state index contributed by atoms with van der Waals surface area (Å²) in [6.45, 7) is 3.88. The van der Waals surface area contributed by atoms with Crippen molar-refractivity contribution < 1.29 is 14.3 Å². The zero-order valence-corrected chi connectivity index (χ0v) is 13.0.